The van der Waals surface area contributed by atoms with E-state index < -0.39 is 0 Å². The second-order valence-corrected chi connectivity index (χ2v) is 7.94. The van der Waals surface area contributed by atoms with Gasteiger partial charge in [-0.05, 0) is 55.7 Å². The molecule has 5 heteroatoms. The first-order chi connectivity index (χ1) is 12.5. The van der Waals surface area contributed by atoms with Crippen molar-refractivity contribution in [1.82, 2.24) is 9.47 Å². The summed E-state index contributed by atoms with van der Waals surface area (Å²) >= 11 is 6.67. The quantitative estimate of drug-likeness (QED) is 0.411. The number of amides is 1. The molecule has 1 fully saturated rings. The van der Waals surface area contributed by atoms with Gasteiger partial charge < -0.3 is 4.57 Å². The van der Waals surface area contributed by atoms with Crippen LogP contribution in [0.2, 0.25) is 0 Å². The molecule has 134 valence electrons. The third-order valence-corrected chi connectivity index (χ3v) is 5.92. The van der Waals surface area contributed by atoms with Gasteiger partial charge in [-0.2, -0.15) is 0 Å². The lowest BCUT2D eigenvalue weighted by molar-refractivity contribution is -0.121. The molecule has 0 unspecified atom stereocenters. The fourth-order valence-electron chi connectivity index (χ4n) is 3.14. The van der Waals surface area contributed by atoms with Crippen molar-refractivity contribution in [3.63, 3.8) is 0 Å². The lowest BCUT2D eigenvalue weighted by Crippen LogP contribution is -2.27. The molecular formula is C21H22N2OS2. The van der Waals surface area contributed by atoms with Gasteiger partial charge in [0.25, 0.3) is 5.91 Å². The van der Waals surface area contributed by atoms with Gasteiger partial charge >= 0.3 is 0 Å². The molecule has 0 bridgehead atoms. The molecule has 1 aromatic heterocycles. The van der Waals surface area contributed by atoms with Crippen LogP contribution >= 0.6 is 24.0 Å². The highest BCUT2D eigenvalue weighted by Crippen LogP contribution is 2.34. The first kappa shape index (κ1) is 18.7. The minimum atomic E-state index is -0.0444. The Morgan fingerprint density at radius 1 is 1.23 bits per heavy atom. The van der Waals surface area contributed by atoms with Crippen molar-refractivity contribution in [1.29, 1.82) is 0 Å². The van der Waals surface area contributed by atoms with E-state index in [4.69, 9.17) is 12.2 Å². The summed E-state index contributed by atoms with van der Waals surface area (Å²) in [6.45, 7) is 10.5. The molecule has 3 nitrogen and oxygen atoms in total. The molecule has 3 rings (SSSR count). The molecule has 26 heavy (non-hydrogen) atoms. The largest absolute Gasteiger partial charge is 0.318 e. The number of aryl methyl sites for hydroxylation is 2. The Morgan fingerprint density at radius 3 is 2.54 bits per heavy atom. The number of benzene rings is 1. The molecule has 1 aromatic carbocycles. The fourth-order valence-corrected chi connectivity index (χ4v) is 4.41. The Hall–Kier alpha value is -2.11. The first-order valence-electron chi connectivity index (χ1n) is 8.60. The molecule has 0 radical (unpaired) electrons. The number of thioether (sulfide) groups is 1. The van der Waals surface area contributed by atoms with Gasteiger partial charge in [-0.25, -0.2) is 0 Å². The van der Waals surface area contributed by atoms with Gasteiger partial charge in [-0.3, -0.25) is 9.69 Å². The Morgan fingerprint density at radius 2 is 1.92 bits per heavy atom. The van der Waals surface area contributed by atoms with Crippen LogP contribution < -0.4 is 0 Å². The van der Waals surface area contributed by atoms with Gasteiger partial charge in [0.1, 0.15) is 4.32 Å². The standard InChI is InChI=1S/C21H22N2OS2/c1-5-11-22-20(24)19(26-21(22)25)13-17-12-14(3)23(15(17)4)18-9-7-16(6-2)8-10-18/h5,7-10,12-13H,1,6,11H2,2-4H3/b19-13-. The summed E-state index contributed by atoms with van der Waals surface area (Å²) in [6.07, 6.45) is 4.67. The summed E-state index contributed by atoms with van der Waals surface area (Å²) in [5, 5.41) is 0. The minimum Gasteiger partial charge on any atom is -0.318 e. The average molecular weight is 383 g/mol. The normalized spacial score (nSPS) is 16.0. The van der Waals surface area contributed by atoms with E-state index in [0.717, 1.165) is 29.1 Å². The molecule has 1 amide bonds. The molecule has 1 saturated heterocycles. The van der Waals surface area contributed by atoms with Crippen LogP contribution in [0.1, 0.15) is 29.4 Å². The number of rotatable bonds is 5. The molecule has 1 aliphatic rings. The Kier molecular flexibility index (Phi) is 5.49. The van der Waals surface area contributed by atoms with Gasteiger partial charge in [0.15, 0.2) is 0 Å². The topological polar surface area (TPSA) is 25.2 Å². The van der Waals surface area contributed by atoms with E-state index in [1.54, 1.807) is 11.0 Å². The van der Waals surface area contributed by atoms with Crippen molar-refractivity contribution in [3.05, 3.63) is 70.4 Å². The van der Waals surface area contributed by atoms with Crippen LogP contribution in [0.3, 0.4) is 0 Å². The van der Waals surface area contributed by atoms with Gasteiger partial charge in [-0.15, -0.1) is 6.58 Å². The summed E-state index contributed by atoms with van der Waals surface area (Å²) < 4.78 is 2.81. The molecule has 0 atom stereocenters. The minimum absolute atomic E-state index is 0.0444. The van der Waals surface area contributed by atoms with Crippen molar-refractivity contribution in [2.45, 2.75) is 27.2 Å². The Labute approximate surface area is 164 Å². The van der Waals surface area contributed by atoms with E-state index in [1.807, 2.05) is 6.08 Å². The molecule has 0 N–H and O–H groups in total. The average Bonchev–Trinajstić information content (AvgIpc) is 3.05. The number of nitrogens with zero attached hydrogens (tertiary/aromatic N) is 2. The van der Waals surface area contributed by atoms with Crippen LogP contribution in [0.15, 0.2) is 47.9 Å². The van der Waals surface area contributed by atoms with Crippen LogP contribution in [-0.2, 0) is 11.2 Å². The van der Waals surface area contributed by atoms with Crippen LogP contribution in [-0.4, -0.2) is 26.2 Å². The number of carbonyl (C=O) groups excluding carboxylic acids is 1. The van der Waals surface area contributed by atoms with Crippen LogP contribution in [0.5, 0.6) is 0 Å². The fraction of sp³-hybridized carbons (Fsp3) is 0.238. The number of hydrogen-bond donors (Lipinski definition) is 0. The lowest BCUT2D eigenvalue weighted by Gasteiger charge is -2.11. The molecule has 0 aliphatic carbocycles. The molecule has 0 saturated carbocycles. The van der Waals surface area contributed by atoms with Gasteiger partial charge in [0.2, 0.25) is 0 Å². The maximum absolute atomic E-state index is 12.5. The maximum Gasteiger partial charge on any atom is 0.266 e. The number of thiocarbonyl (C=S) groups is 1. The highest BCUT2D eigenvalue weighted by molar-refractivity contribution is 8.26. The number of aromatic nitrogens is 1. The molecule has 1 aliphatic heterocycles. The third kappa shape index (κ3) is 3.41. The van der Waals surface area contributed by atoms with Crippen molar-refractivity contribution < 1.29 is 4.79 Å². The molecular weight excluding hydrogens is 360 g/mol. The SMILES string of the molecule is C=CCN1C(=O)/C(=C/c2cc(C)n(-c3ccc(CC)cc3)c2C)SC1=S. The van der Waals surface area contributed by atoms with E-state index >= 15 is 0 Å². The van der Waals surface area contributed by atoms with Crippen molar-refractivity contribution in [2.24, 2.45) is 0 Å². The van der Waals surface area contributed by atoms with Crippen molar-refractivity contribution in [2.75, 3.05) is 6.54 Å². The van der Waals surface area contributed by atoms with E-state index in [1.165, 1.54) is 17.3 Å². The second-order valence-electron chi connectivity index (χ2n) is 6.26. The lowest BCUT2D eigenvalue weighted by atomic mass is 10.1. The smallest absolute Gasteiger partial charge is 0.266 e. The van der Waals surface area contributed by atoms with Crippen molar-refractivity contribution >= 4 is 40.3 Å². The van der Waals surface area contributed by atoms with Crippen LogP contribution in [0.4, 0.5) is 0 Å². The summed E-state index contributed by atoms with van der Waals surface area (Å²) in [5.41, 5.74) is 5.75. The molecule has 2 aromatic rings. The van der Waals surface area contributed by atoms with Crippen LogP contribution in [0, 0.1) is 13.8 Å². The zero-order chi connectivity index (χ0) is 18.8. The first-order valence-corrected chi connectivity index (χ1v) is 9.83. The zero-order valence-corrected chi connectivity index (χ0v) is 16.9. The summed E-state index contributed by atoms with van der Waals surface area (Å²) in [6, 6.07) is 10.7. The summed E-state index contributed by atoms with van der Waals surface area (Å²) in [7, 11) is 0. The number of hydrogen-bond acceptors (Lipinski definition) is 3. The predicted molar refractivity (Wildman–Crippen MR) is 115 cm³/mol. The molecule has 0 spiro atoms. The zero-order valence-electron chi connectivity index (χ0n) is 15.3. The van der Waals surface area contributed by atoms with Gasteiger partial charge in [-0.1, -0.05) is 49.1 Å². The summed E-state index contributed by atoms with van der Waals surface area (Å²) in [5.74, 6) is -0.0444. The van der Waals surface area contributed by atoms with E-state index in [0.29, 0.717) is 15.8 Å². The Balaban J connectivity index is 1.96. The van der Waals surface area contributed by atoms with Gasteiger partial charge in [0, 0.05) is 23.6 Å². The predicted octanol–water partition coefficient (Wildman–Crippen LogP) is 5.04. The third-order valence-electron chi connectivity index (χ3n) is 4.54. The van der Waals surface area contributed by atoms with E-state index in [2.05, 4.69) is 62.2 Å². The van der Waals surface area contributed by atoms with Gasteiger partial charge in [0.05, 0.1) is 4.91 Å². The second kappa shape index (κ2) is 7.64. The van der Waals surface area contributed by atoms with Crippen molar-refractivity contribution in [3.8, 4) is 5.69 Å². The highest BCUT2D eigenvalue weighted by Gasteiger charge is 2.31. The maximum atomic E-state index is 12.5. The highest BCUT2D eigenvalue weighted by atomic mass is 32.2. The van der Waals surface area contributed by atoms with E-state index in [-0.39, 0.29) is 5.91 Å². The monoisotopic (exact) mass is 382 g/mol. The van der Waals surface area contributed by atoms with E-state index in [9.17, 15) is 4.79 Å². The molecule has 2 heterocycles. The Bertz CT molecular complexity index is 907. The number of carbonyl (C=O) groups is 1. The van der Waals surface area contributed by atoms with Crippen LogP contribution in [0.25, 0.3) is 11.8 Å². The summed E-state index contributed by atoms with van der Waals surface area (Å²) in [4.78, 5) is 14.8.